The molecule has 0 amide bonds. The average molecular weight is 322 g/mol. The van der Waals surface area contributed by atoms with Crippen LogP contribution in [0.1, 0.15) is 11.4 Å². The highest BCUT2D eigenvalue weighted by molar-refractivity contribution is 8.29. The van der Waals surface area contributed by atoms with E-state index in [0.717, 1.165) is 5.56 Å². The Balaban J connectivity index is 1.84. The molecule has 0 bridgehead atoms. The van der Waals surface area contributed by atoms with Crippen LogP contribution in [0.5, 0.6) is 0 Å². The molecule has 0 N–H and O–H groups in total. The largest absolute Gasteiger partial charge is 0.273 e. The zero-order valence-electron chi connectivity index (χ0n) is 13.5. The maximum atomic E-state index is 6.46. The summed E-state index contributed by atoms with van der Waals surface area (Å²) in [6.45, 7) is 0. The van der Waals surface area contributed by atoms with Crippen molar-refractivity contribution in [3.63, 3.8) is 0 Å². The molecule has 0 heterocycles. The van der Waals surface area contributed by atoms with Crippen molar-refractivity contribution in [3.8, 4) is 0 Å². The fourth-order valence-electron chi connectivity index (χ4n) is 2.71. The van der Waals surface area contributed by atoms with E-state index in [-0.39, 0.29) is 17.0 Å². The number of hydrogen-bond donors (Lipinski definition) is 0. The van der Waals surface area contributed by atoms with Gasteiger partial charge < -0.3 is 0 Å². The summed E-state index contributed by atoms with van der Waals surface area (Å²) in [7, 11) is 12.9. The van der Waals surface area contributed by atoms with Gasteiger partial charge in [0.15, 0.2) is 0 Å². The van der Waals surface area contributed by atoms with E-state index < -0.39 is 0 Å². The van der Waals surface area contributed by atoms with E-state index in [2.05, 4.69) is 48.5 Å². The molecule has 0 saturated heterocycles. The first-order valence-corrected chi connectivity index (χ1v) is 9.01. The molecule has 0 nitrogen and oxygen atoms in total. The van der Waals surface area contributed by atoms with E-state index in [1.807, 2.05) is 42.5 Å². The molecule has 4 heteroatoms. The van der Waals surface area contributed by atoms with Crippen LogP contribution < -0.4 is 10.9 Å². The van der Waals surface area contributed by atoms with E-state index in [4.69, 9.17) is 15.7 Å². The second-order valence-electron chi connectivity index (χ2n) is 5.74. The minimum Gasteiger partial charge on any atom is -0.203 e. The molecule has 0 aliphatic rings. The van der Waals surface area contributed by atoms with Gasteiger partial charge in [-0.2, -0.15) is 0 Å². The van der Waals surface area contributed by atoms with Gasteiger partial charge in [0.2, 0.25) is 0 Å². The zero-order valence-corrected chi connectivity index (χ0v) is 14.3. The number of hydrogen-bond acceptors (Lipinski definition) is 1. The van der Waals surface area contributed by atoms with Crippen molar-refractivity contribution in [3.05, 3.63) is 96.6 Å². The second kappa shape index (κ2) is 8.35. The predicted octanol–water partition coefficient (Wildman–Crippen LogP) is 2.93. The van der Waals surface area contributed by atoms with Gasteiger partial charge in [0.25, 0.3) is 5.99 Å². The van der Waals surface area contributed by atoms with Crippen LogP contribution in [0.3, 0.4) is 0 Å². The molecule has 0 aromatic heterocycles. The van der Waals surface area contributed by atoms with Gasteiger partial charge in [-0.15, -0.1) is 0 Å². The highest BCUT2D eigenvalue weighted by Crippen LogP contribution is 2.25. The number of benzene rings is 3. The Morgan fingerprint density at radius 1 is 0.625 bits per heavy atom. The molecule has 0 spiro atoms. The molecular formula is C20H17B3S. The van der Waals surface area contributed by atoms with Crippen molar-refractivity contribution >= 4 is 44.2 Å². The summed E-state index contributed by atoms with van der Waals surface area (Å²) in [5, 5.41) is -0.196. The second-order valence-corrected chi connectivity index (χ2v) is 7.03. The zero-order chi connectivity index (χ0) is 16.8. The molecule has 0 aliphatic carbocycles. The first-order chi connectivity index (χ1) is 11.8. The van der Waals surface area contributed by atoms with E-state index in [1.54, 1.807) is 11.6 Å². The quantitative estimate of drug-likeness (QED) is 0.629. The van der Waals surface area contributed by atoms with Crippen LogP contribution in [0.25, 0.3) is 0 Å². The maximum absolute atomic E-state index is 6.46. The molecule has 2 unspecified atom stereocenters. The van der Waals surface area contributed by atoms with E-state index in [1.165, 1.54) is 10.9 Å². The Morgan fingerprint density at radius 3 is 1.50 bits per heavy atom. The van der Waals surface area contributed by atoms with Crippen molar-refractivity contribution in [2.24, 2.45) is 0 Å². The Labute approximate surface area is 151 Å². The standard InChI is InChI=1S/C20H17B3S/c21-19(16-10-4-1-5-11-16)20(22)24-23(17-12-6-2-7-13-17)18-14-8-3-9-15-18/h1-15,19-20H. The van der Waals surface area contributed by atoms with Gasteiger partial charge in [0.05, 0.1) is 15.7 Å². The molecule has 4 radical (unpaired) electrons. The van der Waals surface area contributed by atoms with Crippen LogP contribution in [-0.2, 0) is 0 Å². The van der Waals surface area contributed by atoms with Gasteiger partial charge in [0.1, 0.15) is 0 Å². The molecule has 0 fully saturated rings. The van der Waals surface area contributed by atoms with Crippen molar-refractivity contribution in [2.45, 2.75) is 11.0 Å². The highest BCUT2D eigenvalue weighted by Gasteiger charge is 2.25. The van der Waals surface area contributed by atoms with Crippen molar-refractivity contribution in [2.75, 3.05) is 0 Å². The molecule has 3 rings (SSSR count). The number of rotatable bonds is 6. The molecule has 0 aliphatic heterocycles. The lowest BCUT2D eigenvalue weighted by atomic mass is 9.62. The highest BCUT2D eigenvalue weighted by atomic mass is 32.2. The summed E-state index contributed by atoms with van der Waals surface area (Å²) in [6.07, 6.45) is 0. The molecule has 112 valence electrons. The summed E-state index contributed by atoms with van der Waals surface area (Å²) in [5.41, 5.74) is 3.55. The first kappa shape index (κ1) is 17.0. The van der Waals surface area contributed by atoms with Crippen LogP contribution >= 0.6 is 11.6 Å². The third kappa shape index (κ3) is 4.18. The van der Waals surface area contributed by atoms with Crippen LogP contribution in [-0.4, -0.2) is 26.8 Å². The molecule has 24 heavy (non-hydrogen) atoms. The summed E-state index contributed by atoms with van der Waals surface area (Å²) in [6, 6.07) is 31.0. The van der Waals surface area contributed by atoms with Gasteiger partial charge in [-0.05, 0) is 5.15 Å². The van der Waals surface area contributed by atoms with Crippen LogP contribution in [0.2, 0.25) is 0 Å². The fourth-order valence-corrected chi connectivity index (χ4v) is 3.98. The lowest BCUT2D eigenvalue weighted by molar-refractivity contribution is 1.05. The Bertz CT molecular complexity index is 695. The predicted molar refractivity (Wildman–Crippen MR) is 110 cm³/mol. The smallest absolute Gasteiger partial charge is 0.203 e. The van der Waals surface area contributed by atoms with Gasteiger partial charge in [-0.1, -0.05) is 113 Å². The minimum absolute atomic E-state index is 0.164. The van der Waals surface area contributed by atoms with Crippen molar-refractivity contribution in [1.82, 2.24) is 0 Å². The fraction of sp³-hybridized carbons (Fsp3) is 0.100. The van der Waals surface area contributed by atoms with E-state index in [0.29, 0.717) is 0 Å². The van der Waals surface area contributed by atoms with Crippen molar-refractivity contribution in [1.29, 1.82) is 0 Å². The molecule has 3 aromatic rings. The van der Waals surface area contributed by atoms with Gasteiger partial charge >= 0.3 is 0 Å². The van der Waals surface area contributed by atoms with Crippen molar-refractivity contribution < 1.29 is 0 Å². The van der Waals surface area contributed by atoms with Gasteiger partial charge in [-0.25, -0.2) is 11.6 Å². The summed E-state index contributed by atoms with van der Waals surface area (Å²) < 4.78 is 0. The first-order valence-electron chi connectivity index (χ1n) is 8.07. The van der Waals surface area contributed by atoms with E-state index >= 15 is 0 Å². The molecule has 2 atom stereocenters. The Hall–Kier alpha value is -1.80. The normalized spacial score (nSPS) is 13.2. The van der Waals surface area contributed by atoms with E-state index in [9.17, 15) is 0 Å². The van der Waals surface area contributed by atoms with Gasteiger partial charge in [-0.3, -0.25) is 0 Å². The molecular weight excluding hydrogens is 305 g/mol. The van der Waals surface area contributed by atoms with Gasteiger partial charge in [0, 0.05) is 0 Å². The summed E-state index contributed by atoms with van der Waals surface area (Å²) in [4.78, 5) is 0. The molecule has 0 saturated carbocycles. The third-order valence-corrected chi connectivity index (χ3v) is 5.46. The lowest BCUT2D eigenvalue weighted by Gasteiger charge is -2.25. The summed E-state index contributed by atoms with van der Waals surface area (Å²) >= 11 is 1.71. The monoisotopic (exact) mass is 322 g/mol. The van der Waals surface area contributed by atoms with Crippen LogP contribution in [0, 0.1) is 0 Å². The third-order valence-electron chi connectivity index (χ3n) is 4.04. The SMILES string of the molecule is [B]C(SB(c1ccccc1)c1ccccc1)C([B])c1ccccc1. The van der Waals surface area contributed by atoms with Crippen LogP contribution in [0.15, 0.2) is 91.0 Å². The summed E-state index contributed by atoms with van der Waals surface area (Å²) in [5.74, 6) is -0.0386. The molecule has 3 aromatic carbocycles. The van der Waals surface area contributed by atoms with Crippen LogP contribution in [0.4, 0.5) is 0 Å². The average Bonchev–Trinajstić information content (AvgIpc) is 2.67. The minimum atomic E-state index is -0.203. The maximum Gasteiger partial charge on any atom is 0.273 e. The Morgan fingerprint density at radius 2 is 1.04 bits per heavy atom. The Kier molecular flexibility index (Phi) is 5.93. The topological polar surface area (TPSA) is 0 Å². The lowest BCUT2D eigenvalue weighted by Crippen LogP contribution is -2.41.